The van der Waals surface area contributed by atoms with Crippen molar-refractivity contribution in [3.8, 4) is 0 Å². The molecule has 4 aromatic rings. The summed E-state index contributed by atoms with van der Waals surface area (Å²) in [6.07, 6.45) is 0. The van der Waals surface area contributed by atoms with Gasteiger partial charge in [0.05, 0.1) is 4.90 Å². The van der Waals surface area contributed by atoms with Gasteiger partial charge in [0.2, 0.25) is 0 Å². The molecule has 0 atom stereocenters. The lowest BCUT2D eigenvalue weighted by Gasteiger charge is -2.10. The number of carbonyl (C=O) groups excluding carboxylic acids is 1. The maximum Gasteiger partial charge on any atom is 0.257 e. The Labute approximate surface area is 166 Å². The normalized spacial score (nSPS) is 11.8. The highest BCUT2D eigenvalue weighted by Crippen LogP contribution is 2.28. The second-order valence-corrected chi connectivity index (χ2v) is 8.35. The van der Waals surface area contributed by atoms with E-state index >= 15 is 0 Å². The standard InChI is InChI=1S/C20H16ClN3O3S/c21-14-9-11-15(12-10-14)28(26,27)23-22-20(25)13-24-18-7-3-1-5-16(18)17-6-2-4-8-19(17)24/h1-12,23H,13H2,(H,22,25). The fraction of sp³-hybridized carbons (Fsp3) is 0.0500. The zero-order valence-electron chi connectivity index (χ0n) is 14.6. The van der Waals surface area contributed by atoms with Crippen LogP contribution in [-0.4, -0.2) is 18.9 Å². The number of nitrogens with one attached hydrogen (secondary N) is 2. The number of rotatable bonds is 5. The largest absolute Gasteiger partial charge is 0.331 e. The van der Waals surface area contributed by atoms with E-state index in [4.69, 9.17) is 11.6 Å². The van der Waals surface area contributed by atoms with Crippen LogP contribution in [0, 0.1) is 0 Å². The number of para-hydroxylation sites is 2. The second-order valence-electron chi connectivity index (χ2n) is 6.23. The third kappa shape index (κ3) is 3.47. The highest BCUT2D eigenvalue weighted by atomic mass is 35.5. The number of sulfonamides is 1. The molecule has 8 heteroatoms. The first-order valence-corrected chi connectivity index (χ1v) is 10.3. The number of carbonyl (C=O) groups is 1. The third-order valence-corrected chi connectivity index (χ3v) is 5.95. The smallest absolute Gasteiger partial charge is 0.257 e. The monoisotopic (exact) mass is 413 g/mol. The van der Waals surface area contributed by atoms with Gasteiger partial charge >= 0.3 is 0 Å². The Kier molecular flexibility index (Phi) is 4.80. The van der Waals surface area contributed by atoms with Gasteiger partial charge in [-0.25, -0.2) is 8.42 Å². The number of hydrogen-bond acceptors (Lipinski definition) is 3. The lowest BCUT2D eigenvalue weighted by Crippen LogP contribution is -2.43. The van der Waals surface area contributed by atoms with Crippen molar-refractivity contribution in [2.45, 2.75) is 11.4 Å². The first-order valence-electron chi connectivity index (χ1n) is 8.48. The van der Waals surface area contributed by atoms with Crippen LogP contribution in [0.15, 0.2) is 77.7 Å². The topological polar surface area (TPSA) is 80.2 Å². The summed E-state index contributed by atoms with van der Waals surface area (Å²) < 4.78 is 26.5. The van der Waals surface area contributed by atoms with Crippen LogP contribution in [0.1, 0.15) is 0 Å². The van der Waals surface area contributed by atoms with Crippen LogP contribution in [0.5, 0.6) is 0 Å². The molecule has 1 amide bonds. The first kappa shape index (κ1) is 18.5. The highest BCUT2D eigenvalue weighted by Gasteiger charge is 2.17. The average molecular weight is 414 g/mol. The Morgan fingerprint density at radius 1 is 0.857 bits per heavy atom. The van der Waals surface area contributed by atoms with E-state index in [1.54, 1.807) is 0 Å². The molecule has 0 saturated carbocycles. The van der Waals surface area contributed by atoms with Crippen LogP contribution in [-0.2, 0) is 21.4 Å². The molecule has 0 aliphatic rings. The molecular formula is C20H16ClN3O3S. The van der Waals surface area contributed by atoms with Gasteiger partial charge in [-0.1, -0.05) is 48.0 Å². The molecule has 2 N–H and O–H groups in total. The van der Waals surface area contributed by atoms with Gasteiger partial charge in [0, 0.05) is 26.8 Å². The summed E-state index contributed by atoms with van der Waals surface area (Å²) in [5.41, 5.74) is 4.08. The molecule has 0 bridgehead atoms. The number of hydrazine groups is 1. The molecule has 142 valence electrons. The van der Waals surface area contributed by atoms with Crippen LogP contribution in [0.25, 0.3) is 21.8 Å². The summed E-state index contributed by atoms with van der Waals surface area (Å²) in [6.45, 7) is -0.0306. The maximum absolute atomic E-state index is 12.4. The van der Waals surface area contributed by atoms with E-state index in [0.29, 0.717) is 5.02 Å². The molecule has 3 aromatic carbocycles. The number of aromatic nitrogens is 1. The molecule has 0 spiro atoms. The molecule has 1 heterocycles. The molecule has 28 heavy (non-hydrogen) atoms. The molecule has 0 saturated heterocycles. The van der Waals surface area contributed by atoms with E-state index in [1.807, 2.05) is 53.1 Å². The minimum Gasteiger partial charge on any atom is -0.331 e. The van der Waals surface area contributed by atoms with Crippen LogP contribution in [0.3, 0.4) is 0 Å². The van der Waals surface area contributed by atoms with Gasteiger partial charge in [-0.15, -0.1) is 4.83 Å². The van der Waals surface area contributed by atoms with Crippen molar-refractivity contribution in [1.29, 1.82) is 0 Å². The maximum atomic E-state index is 12.4. The van der Waals surface area contributed by atoms with Crippen molar-refractivity contribution >= 4 is 49.3 Å². The van der Waals surface area contributed by atoms with Crippen LogP contribution in [0.2, 0.25) is 5.02 Å². The Bertz CT molecular complexity index is 1230. The Morgan fingerprint density at radius 2 is 1.39 bits per heavy atom. The van der Waals surface area contributed by atoms with Gasteiger partial charge in [0.1, 0.15) is 6.54 Å². The van der Waals surface area contributed by atoms with Crippen LogP contribution < -0.4 is 10.3 Å². The fourth-order valence-electron chi connectivity index (χ4n) is 3.15. The molecular weight excluding hydrogens is 398 g/mol. The van der Waals surface area contributed by atoms with E-state index in [9.17, 15) is 13.2 Å². The lowest BCUT2D eigenvalue weighted by atomic mass is 10.2. The number of nitrogens with zero attached hydrogens (tertiary/aromatic N) is 1. The fourth-order valence-corrected chi connectivity index (χ4v) is 4.14. The predicted molar refractivity (Wildman–Crippen MR) is 109 cm³/mol. The average Bonchev–Trinajstić information content (AvgIpc) is 3.01. The summed E-state index contributed by atoms with van der Waals surface area (Å²) in [5, 5.41) is 2.50. The Balaban J connectivity index is 1.56. The van der Waals surface area contributed by atoms with Gasteiger partial charge in [0.25, 0.3) is 15.9 Å². The molecule has 4 rings (SSSR count). The van der Waals surface area contributed by atoms with Crippen molar-refractivity contribution in [2.75, 3.05) is 0 Å². The summed E-state index contributed by atoms with van der Waals surface area (Å²) >= 11 is 5.78. The summed E-state index contributed by atoms with van der Waals surface area (Å²) in [7, 11) is -3.89. The van der Waals surface area contributed by atoms with Crippen molar-refractivity contribution < 1.29 is 13.2 Å². The van der Waals surface area contributed by atoms with Crippen LogP contribution in [0.4, 0.5) is 0 Å². The summed E-state index contributed by atoms with van der Waals surface area (Å²) in [4.78, 5) is 14.6. The zero-order valence-corrected chi connectivity index (χ0v) is 16.2. The van der Waals surface area contributed by atoms with Gasteiger partial charge in [-0.3, -0.25) is 10.2 Å². The van der Waals surface area contributed by atoms with Gasteiger partial charge in [0.15, 0.2) is 0 Å². The number of benzene rings is 3. The lowest BCUT2D eigenvalue weighted by molar-refractivity contribution is -0.122. The van der Waals surface area contributed by atoms with E-state index in [2.05, 4.69) is 10.3 Å². The van der Waals surface area contributed by atoms with E-state index < -0.39 is 15.9 Å². The first-order chi connectivity index (χ1) is 13.5. The van der Waals surface area contributed by atoms with E-state index in [0.717, 1.165) is 21.8 Å². The summed E-state index contributed by atoms with van der Waals surface area (Å²) in [5.74, 6) is -0.482. The minimum atomic E-state index is -3.89. The third-order valence-electron chi connectivity index (χ3n) is 4.43. The van der Waals surface area contributed by atoms with Crippen molar-refractivity contribution in [3.05, 3.63) is 77.8 Å². The van der Waals surface area contributed by atoms with Crippen molar-refractivity contribution in [1.82, 2.24) is 14.8 Å². The number of halogens is 1. The van der Waals surface area contributed by atoms with Crippen molar-refractivity contribution in [2.24, 2.45) is 0 Å². The molecule has 1 aromatic heterocycles. The van der Waals surface area contributed by atoms with Crippen molar-refractivity contribution in [3.63, 3.8) is 0 Å². The number of hydrogen-bond donors (Lipinski definition) is 2. The second kappa shape index (κ2) is 7.27. The number of fused-ring (bicyclic) bond motifs is 3. The SMILES string of the molecule is O=C(Cn1c2ccccc2c2ccccc21)NNS(=O)(=O)c1ccc(Cl)cc1. The van der Waals surface area contributed by atoms with Gasteiger partial charge in [-0.2, -0.15) is 0 Å². The van der Waals surface area contributed by atoms with Gasteiger partial charge in [-0.05, 0) is 36.4 Å². The highest BCUT2D eigenvalue weighted by molar-refractivity contribution is 7.89. The molecule has 6 nitrogen and oxygen atoms in total. The summed E-state index contributed by atoms with van der Waals surface area (Å²) in [6, 6.07) is 21.2. The predicted octanol–water partition coefficient (Wildman–Crippen LogP) is 3.46. The Hall–Kier alpha value is -2.87. The number of amides is 1. The Morgan fingerprint density at radius 3 is 1.96 bits per heavy atom. The van der Waals surface area contributed by atoms with Gasteiger partial charge < -0.3 is 4.57 Å². The molecule has 0 unspecified atom stereocenters. The molecule has 0 radical (unpaired) electrons. The molecule has 0 fully saturated rings. The quantitative estimate of drug-likeness (QED) is 0.492. The van der Waals surface area contributed by atoms with E-state index in [-0.39, 0.29) is 11.4 Å². The molecule has 0 aliphatic carbocycles. The van der Waals surface area contributed by atoms with E-state index in [1.165, 1.54) is 24.3 Å². The van der Waals surface area contributed by atoms with Crippen LogP contribution >= 0.6 is 11.6 Å². The minimum absolute atomic E-state index is 0.00839. The molecule has 0 aliphatic heterocycles. The zero-order chi connectivity index (χ0) is 19.7.